The Kier molecular flexibility index (Phi) is 5.77. The molecule has 2 nitrogen and oxygen atoms in total. The van der Waals surface area contributed by atoms with Crippen molar-refractivity contribution in [1.29, 1.82) is 0 Å². The summed E-state index contributed by atoms with van der Waals surface area (Å²) >= 11 is 0. The Labute approximate surface area is 126 Å². The first kappa shape index (κ1) is 15.0. The van der Waals surface area contributed by atoms with Gasteiger partial charge in [0.25, 0.3) is 0 Å². The van der Waals surface area contributed by atoms with E-state index in [1.807, 2.05) is 60.7 Å². The fourth-order valence-electron chi connectivity index (χ4n) is 2.07. The second-order valence-electron chi connectivity index (χ2n) is 4.93. The van der Waals surface area contributed by atoms with Gasteiger partial charge in [-0.2, -0.15) is 0 Å². The van der Waals surface area contributed by atoms with Gasteiger partial charge in [0.15, 0.2) is 5.78 Å². The van der Waals surface area contributed by atoms with Crippen LogP contribution in [0.2, 0.25) is 0 Å². The van der Waals surface area contributed by atoms with Crippen molar-refractivity contribution in [2.45, 2.75) is 19.8 Å². The van der Waals surface area contributed by atoms with Gasteiger partial charge in [-0.25, -0.2) is 0 Å². The van der Waals surface area contributed by atoms with E-state index < -0.39 is 0 Å². The summed E-state index contributed by atoms with van der Waals surface area (Å²) in [7, 11) is 0. The average Bonchev–Trinajstić information content (AvgIpc) is 2.55. The van der Waals surface area contributed by atoms with Crippen molar-refractivity contribution in [2.75, 3.05) is 6.54 Å². The maximum Gasteiger partial charge on any atom is 0.187 e. The minimum Gasteiger partial charge on any atom is -0.384 e. The van der Waals surface area contributed by atoms with Crippen LogP contribution >= 0.6 is 0 Å². The molecule has 21 heavy (non-hydrogen) atoms. The number of carbonyl (C=O) groups is 1. The summed E-state index contributed by atoms with van der Waals surface area (Å²) in [6, 6.07) is 19.3. The number of nitrogens with one attached hydrogen (secondary N) is 1. The molecule has 0 saturated heterocycles. The van der Waals surface area contributed by atoms with Gasteiger partial charge in [0.2, 0.25) is 0 Å². The van der Waals surface area contributed by atoms with Crippen LogP contribution in [0, 0.1) is 0 Å². The fourth-order valence-corrected chi connectivity index (χ4v) is 2.07. The zero-order valence-corrected chi connectivity index (χ0v) is 12.4. The molecule has 2 aromatic carbocycles. The summed E-state index contributed by atoms with van der Waals surface area (Å²) in [5.41, 5.74) is 2.64. The average molecular weight is 279 g/mol. The van der Waals surface area contributed by atoms with Crippen LogP contribution in [0.1, 0.15) is 35.7 Å². The van der Waals surface area contributed by atoms with Gasteiger partial charge in [-0.05, 0) is 12.0 Å². The van der Waals surface area contributed by atoms with Crippen LogP contribution in [0.25, 0.3) is 5.70 Å². The van der Waals surface area contributed by atoms with Gasteiger partial charge in [0, 0.05) is 23.9 Å². The summed E-state index contributed by atoms with van der Waals surface area (Å²) in [5, 5.41) is 3.38. The van der Waals surface area contributed by atoms with Crippen molar-refractivity contribution in [1.82, 2.24) is 5.32 Å². The molecular weight excluding hydrogens is 258 g/mol. The molecule has 2 heteroatoms. The number of carbonyl (C=O) groups excluding carboxylic acids is 1. The standard InChI is InChI=1S/C19H21NO/c1-2-3-14-20-18(16-10-6-4-7-11-16)15-19(21)17-12-8-5-9-13-17/h4-13,15,20H,2-3,14H2,1H3. The normalized spacial score (nSPS) is 11.2. The lowest BCUT2D eigenvalue weighted by atomic mass is 10.1. The van der Waals surface area contributed by atoms with Crippen molar-refractivity contribution in [3.05, 3.63) is 77.9 Å². The van der Waals surface area contributed by atoms with E-state index in [9.17, 15) is 4.79 Å². The Morgan fingerprint density at radius 2 is 1.52 bits per heavy atom. The van der Waals surface area contributed by atoms with Crippen LogP contribution in [-0.2, 0) is 0 Å². The molecule has 0 spiro atoms. The molecule has 0 aliphatic carbocycles. The van der Waals surface area contributed by atoms with E-state index in [0.29, 0.717) is 5.56 Å². The third-order valence-electron chi connectivity index (χ3n) is 3.26. The summed E-state index contributed by atoms with van der Waals surface area (Å²) in [6.45, 7) is 3.03. The van der Waals surface area contributed by atoms with Crippen LogP contribution in [0.15, 0.2) is 66.7 Å². The Hall–Kier alpha value is -2.35. The monoisotopic (exact) mass is 279 g/mol. The maximum atomic E-state index is 12.3. The molecule has 0 heterocycles. The molecule has 0 radical (unpaired) electrons. The number of allylic oxidation sites excluding steroid dienone is 1. The SMILES string of the molecule is CCCCNC(=CC(=O)c1ccccc1)c1ccccc1. The van der Waals surface area contributed by atoms with E-state index >= 15 is 0 Å². The first-order valence-corrected chi connectivity index (χ1v) is 7.41. The van der Waals surface area contributed by atoms with Crippen molar-refractivity contribution in [2.24, 2.45) is 0 Å². The molecule has 0 aliphatic heterocycles. The third-order valence-corrected chi connectivity index (χ3v) is 3.26. The molecule has 108 valence electrons. The van der Waals surface area contributed by atoms with Crippen molar-refractivity contribution >= 4 is 11.5 Å². The van der Waals surface area contributed by atoms with Gasteiger partial charge in [0.1, 0.15) is 0 Å². The fraction of sp³-hybridized carbons (Fsp3) is 0.211. The summed E-state index contributed by atoms with van der Waals surface area (Å²) < 4.78 is 0. The molecule has 0 unspecified atom stereocenters. The topological polar surface area (TPSA) is 29.1 Å². The lowest BCUT2D eigenvalue weighted by molar-refractivity contribution is 0.104. The molecule has 2 rings (SSSR count). The van der Waals surface area contributed by atoms with Crippen molar-refractivity contribution < 1.29 is 4.79 Å². The van der Waals surface area contributed by atoms with Crippen LogP contribution in [0.4, 0.5) is 0 Å². The lowest BCUT2D eigenvalue weighted by Gasteiger charge is -2.11. The minimum absolute atomic E-state index is 0.0263. The van der Waals surface area contributed by atoms with Crippen LogP contribution in [0.5, 0.6) is 0 Å². The van der Waals surface area contributed by atoms with Gasteiger partial charge >= 0.3 is 0 Å². The summed E-state index contributed by atoms with van der Waals surface area (Å²) in [6.07, 6.45) is 3.91. The second kappa shape index (κ2) is 8.05. The van der Waals surface area contributed by atoms with Gasteiger partial charge in [-0.1, -0.05) is 74.0 Å². The molecule has 0 saturated carbocycles. The first-order chi connectivity index (χ1) is 10.3. The van der Waals surface area contributed by atoms with Gasteiger partial charge < -0.3 is 5.32 Å². The smallest absolute Gasteiger partial charge is 0.187 e. The van der Waals surface area contributed by atoms with E-state index in [-0.39, 0.29) is 5.78 Å². The predicted octanol–water partition coefficient (Wildman–Crippen LogP) is 4.30. The molecule has 0 atom stereocenters. The van der Waals surface area contributed by atoms with E-state index in [0.717, 1.165) is 30.6 Å². The Morgan fingerprint density at radius 1 is 0.952 bits per heavy atom. The van der Waals surface area contributed by atoms with Crippen LogP contribution < -0.4 is 5.32 Å². The Morgan fingerprint density at radius 3 is 2.10 bits per heavy atom. The number of unbranched alkanes of at least 4 members (excludes halogenated alkanes) is 1. The molecule has 0 fully saturated rings. The molecule has 0 aromatic heterocycles. The zero-order chi connectivity index (χ0) is 14.9. The van der Waals surface area contributed by atoms with Crippen LogP contribution in [0.3, 0.4) is 0 Å². The van der Waals surface area contributed by atoms with Gasteiger partial charge in [0.05, 0.1) is 0 Å². The molecule has 0 aliphatic rings. The number of rotatable bonds is 7. The molecule has 2 aromatic rings. The van der Waals surface area contributed by atoms with E-state index in [1.54, 1.807) is 6.08 Å². The quantitative estimate of drug-likeness (QED) is 0.465. The number of hydrogen-bond acceptors (Lipinski definition) is 2. The highest BCUT2D eigenvalue weighted by atomic mass is 16.1. The zero-order valence-electron chi connectivity index (χ0n) is 12.4. The largest absolute Gasteiger partial charge is 0.384 e. The number of hydrogen-bond donors (Lipinski definition) is 1. The van der Waals surface area contributed by atoms with Crippen molar-refractivity contribution in [3.8, 4) is 0 Å². The van der Waals surface area contributed by atoms with Crippen molar-refractivity contribution in [3.63, 3.8) is 0 Å². The number of benzene rings is 2. The second-order valence-corrected chi connectivity index (χ2v) is 4.93. The van der Waals surface area contributed by atoms with E-state index in [1.165, 1.54) is 0 Å². The molecule has 0 bridgehead atoms. The maximum absolute atomic E-state index is 12.3. The highest BCUT2D eigenvalue weighted by Gasteiger charge is 2.06. The van der Waals surface area contributed by atoms with E-state index in [4.69, 9.17) is 0 Å². The first-order valence-electron chi connectivity index (χ1n) is 7.41. The Balaban J connectivity index is 2.22. The molecular formula is C19H21NO. The minimum atomic E-state index is 0.0263. The van der Waals surface area contributed by atoms with Gasteiger partial charge in [-0.3, -0.25) is 4.79 Å². The Bertz CT molecular complexity index is 587. The highest BCUT2D eigenvalue weighted by Crippen LogP contribution is 2.13. The van der Waals surface area contributed by atoms with Crippen LogP contribution in [-0.4, -0.2) is 12.3 Å². The lowest BCUT2D eigenvalue weighted by Crippen LogP contribution is -2.15. The summed E-state index contributed by atoms with van der Waals surface area (Å²) in [4.78, 5) is 12.3. The third kappa shape index (κ3) is 4.60. The summed E-state index contributed by atoms with van der Waals surface area (Å²) in [5.74, 6) is 0.0263. The van der Waals surface area contributed by atoms with E-state index in [2.05, 4.69) is 12.2 Å². The molecule has 0 amide bonds. The van der Waals surface area contributed by atoms with Gasteiger partial charge in [-0.15, -0.1) is 0 Å². The highest BCUT2D eigenvalue weighted by molar-refractivity contribution is 6.08. The predicted molar refractivity (Wildman–Crippen MR) is 88.1 cm³/mol. The number of ketones is 1. The molecule has 1 N–H and O–H groups in total.